The van der Waals surface area contributed by atoms with Crippen molar-refractivity contribution >= 4 is 5.97 Å². The van der Waals surface area contributed by atoms with E-state index in [0.717, 1.165) is 6.42 Å². The molecule has 2 rings (SSSR count). The average molecular weight is 265 g/mol. The quantitative estimate of drug-likeness (QED) is 0.855. The van der Waals surface area contributed by atoms with Gasteiger partial charge in [0, 0.05) is 6.07 Å². The molecule has 5 nitrogen and oxygen atoms in total. The number of carboxylic acids is 1. The summed E-state index contributed by atoms with van der Waals surface area (Å²) in [6.07, 6.45) is 7.42. The molecule has 0 atom stereocenters. The minimum atomic E-state index is -1.25. The number of hydrogen-bond donors (Lipinski definition) is 2. The lowest BCUT2D eigenvalue weighted by Gasteiger charge is -2.21. The van der Waals surface area contributed by atoms with E-state index in [1.54, 1.807) is 0 Å². The van der Waals surface area contributed by atoms with Gasteiger partial charge >= 0.3 is 5.97 Å². The van der Waals surface area contributed by atoms with Crippen molar-refractivity contribution in [3.63, 3.8) is 0 Å². The molecule has 1 saturated carbocycles. The van der Waals surface area contributed by atoms with Crippen LogP contribution in [0.1, 0.15) is 49.0 Å². The number of carbonyl (C=O) groups is 1. The first-order valence-corrected chi connectivity index (χ1v) is 6.73. The number of hydrogen-bond acceptors (Lipinski definition) is 4. The fraction of sp³-hybridized carbons (Fsp3) is 0.571. The molecule has 5 heteroatoms. The number of pyridine rings is 1. The Balaban J connectivity index is 1.85. The van der Waals surface area contributed by atoms with Gasteiger partial charge in [-0.3, -0.25) is 0 Å². The molecule has 104 valence electrons. The van der Waals surface area contributed by atoms with Gasteiger partial charge in [0.05, 0.1) is 6.61 Å². The van der Waals surface area contributed by atoms with Gasteiger partial charge in [-0.1, -0.05) is 32.1 Å². The molecule has 1 aliphatic rings. The summed E-state index contributed by atoms with van der Waals surface area (Å²) in [6, 6.07) is 2.79. The van der Waals surface area contributed by atoms with Gasteiger partial charge in [0.25, 0.3) is 0 Å². The third kappa shape index (κ3) is 3.84. The second-order valence-electron chi connectivity index (χ2n) is 4.96. The van der Waals surface area contributed by atoms with Crippen LogP contribution in [0, 0.1) is 5.92 Å². The van der Waals surface area contributed by atoms with Gasteiger partial charge in [-0.15, -0.1) is 0 Å². The number of aromatic hydroxyl groups is 1. The van der Waals surface area contributed by atoms with Gasteiger partial charge < -0.3 is 14.9 Å². The second kappa shape index (κ2) is 6.41. The lowest BCUT2D eigenvalue weighted by Crippen LogP contribution is -2.11. The zero-order chi connectivity index (χ0) is 13.7. The van der Waals surface area contributed by atoms with Crippen molar-refractivity contribution in [1.29, 1.82) is 0 Å². The van der Waals surface area contributed by atoms with Crippen LogP contribution in [0.2, 0.25) is 0 Å². The van der Waals surface area contributed by atoms with E-state index >= 15 is 0 Å². The van der Waals surface area contributed by atoms with Crippen molar-refractivity contribution in [2.45, 2.75) is 38.5 Å². The summed E-state index contributed by atoms with van der Waals surface area (Å²) in [6.45, 7) is 0.543. The molecule has 0 spiro atoms. The summed E-state index contributed by atoms with van der Waals surface area (Å²) in [5.74, 6) is -0.627. The molecule has 0 aromatic carbocycles. The van der Waals surface area contributed by atoms with E-state index in [1.165, 1.54) is 44.2 Å². The lowest BCUT2D eigenvalue weighted by molar-refractivity contribution is 0.0685. The van der Waals surface area contributed by atoms with E-state index in [1.807, 2.05) is 0 Å². The maximum atomic E-state index is 10.8. The van der Waals surface area contributed by atoms with Crippen LogP contribution in [-0.4, -0.2) is 27.8 Å². The van der Waals surface area contributed by atoms with Crippen LogP contribution in [0.15, 0.2) is 12.1 Å². The Hall–Kier alpha value is -1.78. The van der Waals surface area contributed by atoms with E-state index < -0.39 is 5.97 Å². The Morgan fingerprint density at radius 1 is 1.32 bits per heavy atom. The third-order valence-corrected chi connectivity index (χ3v) is 3.55. The number of nitrogens with zero attached hydrogens (tertiary/aromatic N) is 1. The first kappa shape index (κ1) is 13.6. The summed E-state index contributed by atoms with van der Waals surface area (Å²) in [5.41, 5.74) is -0.366. The van der Waals surface area contributed by atoms with Gasteiger partial charge in [0.1, 0.15) is 5.75 Å². The molecular formula is C14H19NO4. The molecule has 0 radical (unpaired) electrons. The Morgan fingerprint density at radius 3 is 2.74 bits per heavy atom. The van der Waals surface area contributed by atoms with E-state index in [9.17, 15) is 9.90 Å². The number of aromatic carboxylic acids is 1. The molecular weight excluding hydrogens is 246 g/mol. The molecule has 1 fully saturated rings. The minimum absolute atomic E-state index is 0.256. The highest BCUT2D eigenvalue weighted by Gasteiger charge is 2.15. The van der Waals surface area contributed by atoms with Crippen molar-refractivity contribution < 1.29 is 19.7 Å². The van der Waals surface area contributed by atoms with Crippen molar-refractivity contribution in [3.05, 3.63) is 17.8 Å². The second-order valence-corrected chi connectivity index (χ2v) is 4.96. The SMILES string of the molecule is O=C(O)c1nc(OCCC2CCCCC2)ccc1O. The van der Waals surface area contributed by atoms with Crippen LogP contribution in [0.25, 0.3) is 0 Å². The molecule has 1 aliphatic carbocycles. The largest absolute Gasteiger partial charge is 0.505 e. The molecule has 2 N–H and O–H groups in total. The monoisotopic (exact) mass is 265 g/mol. The number of rotatable bonds is 5. The normalized spacial score (nSPS) is 16.2. The summed E-state index contributed by atoms with van der Waals surface area (Å²) < 4.78 is 5.47. The van der Waals surface area contributed by atoms with E-state index in [4.69, 9.17) is 9.84 Å². The fourth-order valence-corrected chi connectivity index (χ4v) is 2.48. The zero-order valence-corrected chi connectivity index (χ0v) is 10.8. The fourth-order valence-electron chi connectivity index (χ4n) is 2.48. The molecule has 0 bridgehead atoms. The summed E-state index contributed by atoms with van der Waals surface area (Å²) in [7, 11) is 0. The number of carboxylic acid groups (broad SMARTS) is 1. The van der Waals surface area contributed by atoms with Gasteiger partial charge in [0.2, 0.25) is 5.88 Å². The van der Waals surface area contributed by atoms with Crippen LogP contribution < -0.4 is 4.74 Å². The van der Waals surface area contributed by atoms with Crippen LogP contribution >= 0.6 is 0 Å². The molecule has 19 heavy (non-hydrogen) atoms. The van der Waals surface area contributed by atoms with Crippen LogP contribution in [0.3, 0.4) is 0 Å². The highest BCUT2D eigenvalue weighted by Crippen LogP contribution is 2.26. The molecule has 0 amide bonds. The van der Waals surface area contributed by atoms with Gasteiger partial charge in [-0.25, -0.2) is 9.78 Å². The van der Waals surface area contributed by atoms with Gasteiger partial charge in [-0.05, 0) is 18.4 Å². The molecule has 0 unspecified atom stereocenters. The summed E-state index contributed by atoms with van der Waals surface area (Å²) in [5, 5.41) is 18.2. The Morgan fingerprint density at radius 2 is 2.05 bits per heavy atom. The zero-order valence-electron chi connectivity index (χ0n) is 10.8. The van der Waals surface area contributed by atoms with E-state index in [2.05, 4.69) is 4.98 Å². The maximum absolute atomic E-state index is 10.8. The minimum Gasteiger partial charge on any atom is -0.505 e. The molecule has 1 aromatic rings. The number of ether oxygens (including phenoxy) is 1. The van der Waals surface area contributed by atoms with Crippen molar-refractivity contribution in [2.75, 3.05) is 6.61 Å². The van der Waals surface area contributed by atoms with Gasteiger partial charge in [-0.2, -0.15) is 0 Å². The topological polar surface area (TPSA) is 79.7 Å². The van der Waals surface area contributed by atoms with Gasteiger partial charge in [0.15, 0.2) is 5.69 Å². The standard InChI is InChI=1S/C14H19NO4/c16-11-6-7-12(15-13(11)14(17)18)19-9-8-10-4-2-1-3-5-10/h6-7,10,16H,1-5,8-9H2,(H,17,18). The van der Waals surface area contributed by atoms with Crippen LogP contribution in [0.5, 0.6) is 11.6 Å². The number of aromatic nitrogens is 1. The van der Waals surface area contributed by atoms with Crippen molar-refractivity contribution in [3.8, 4) is 11.6 Å². The third-order valence-electron chi connectivity index (χ3n) is 3.55. The van der Waals surface area contributed by atoms with E-state index in [0.29, 0.717) is 12.5 Å². The molecule has 0 saturated heterocycles. The maximum Gasteiger partial charge on any atom is 0.358 e. The van der Waals surface area contributed by atoms with Crippen molar-refractivity contribution in [2.24, 2.45) is 5.92 Å². The van der Waals surface area contributed by atoms with Crippen LogP contribution in [-0.2, 0) is 0 Å². The van der Waals surface area contributed by atoms with Crippen molar-refractivity contribution in [1.82, 2.24) is 4.98 Å². The molecule has 1 aromatic heterocycles. The summed E-state index contributed by atoms with van der Waals surface area (Å²) >= 11 is 0. The predicted octanol–water partition coefficient (Wildman–Crippen LogP) is 2.83. The highest BCUT2D eigenvalue weighted by atomic mass is 16.5. The Labute approximate surface area is 112 Å². The highest BCUT2D eigenvalue weighted by molar-refractivity contribution is 5.88. The Kier molecular flexibility index (Phi) is 4.60. The van der Waals surface area contributed by atoms with Crippen LogP contribution in [0.4, 0.5) is 0 Å². The van der Waals surface area contributed by atoms with E-state index in [-0.39, 0.29) is 17.3 Å². The molecule has 0 aliphatic heterocycles. The first-order valence-electron chi connectivity index (χ1n) is 6.73. The molecule has 1 heterocycles. The predicted molar refractivity (Wildman–Crippen MR) is 69.5 cm³/mol. The Bertz CT molecular complexity index is 441. The summed E-state index contributed by atoms with van der Waals surface area (Å²) in [4.78, 5) is 14.6. The first-order chi connectivity index (χ1) is 9.16. The lowest BCUT2D eigenvalue weighted by atomic mass is 9.87. The smallest absolute Gasteiger partial charge is 0.358 e. The average Bonchev–Trinajstić information content (AvgIpc) is 2.41.